The number of nitrogen functional groups attached to an aromatic ring is 1. The third-order valence-corrected chi connectivity index (χ3v) is 7.07. The van der Waals surface area contributed by atoms with E-state index in [1.54, 1.807) is 4.72 Å². The zero-order chi connectivity index (χ0) is 18.6. The van der Waals surface area contributed by atoms with Crippen molar-refractivity contribution in [1.29, 1.82) is 0 Å². The number of nitrogens with one attached hydrogen (secondary N) is 1. The summed E-state index contributed by atoms with van der Waals surface area (Å²) >= 11 is -1.68. The molecular weight excluding hydrogens is 487 g/mol. The molecule has 142 valence electrons. The average molecular weight is 499 g/mol. The maximum absolute atomic E-state index is 12.1. The van der Waals surface area contributed by atoms with Gasteiger partial charge in [-0.3, -0.25) is 0 Å². The van der Waals surface area contributed by atoms with Crippen molar-refractivity contribution < 1.29 is 53.6 Å². The van der Waals surface area contributed by atoms with Gasteiger partial charge in [0.2, 0.25) is 0 Å². The van der Waals surface area contributed by atoms with Gasteiger partial charge in [-0.05, 0) is 0 Å². The molecular formula is C11H12IN6O7S-. The Kier molecular flexibility index (Phi) is 4.23. The van der Waals surface area contributed by atoms with Crippen molar-refractivity contribution in [3.8, 4) is 0 Å². The molecule has 13 nitrogen and oxygen atoms in total. The first-order valence-electron chi connectivity index (χ1n) is 7.13. The number of rotatable bonds is 0. The molecule has 1 amide bonds. The number of halogens is 1. The second-order valence-electron chi connectivity index (χ2n) is 5.44. The van der Waals surface area contributed by atoms with Gasteiger partial charge < -0.3 is 0 Å². The van der Waals surface area contributed by atoms with Gasteiger partial charge in [0.25, 0.3) is 0 Å². The molecule has 2 aromatic heterocycles. The Morgan fingerprint density at radius 2 is 2.12 bits per heavy atom. The Hall–Kier alpha value is -1.66. The number of nitrogens with two attached hydrogens (primary N) is 1. The zero-order valence-electron chi connectivity index (χ0n) is 12.7. The summed E-state index contributed by atoms with van der Waals surface area (Å²) in [6.07, 6.45) is -3.97. The minimum absolute atomic E-state index is 0.0482. The van der Waals surface area contributed by atoms with Crippen molar-refractivity contribution in [3.05, 3.63) is 10.2 Å². The number of anilines is 1. The second kappa shape index (κ2) is 6.20. The van der Waals surface area contributed by atoms with E-state index in [0.717, 1.165) is 0 Å². The van der Waals surface area contributed by atoms with Crippen LogP contribution in [0.3, 0.4) is 0 Å². The number of aliphatic hydroxyl groups excluding tert-OH is 2. The Morgan fingerprint density at radius 1 is 1.35 bits per heavy atom. The number of carbonyl (C=O) groups is 1. The number of hydrogen-bond donors (Lipinski definition) is 4. The van der Waals surface area contributed by atoms with Gasteiger partial charge in [0.1, 0.15) is 0 Å². The van der Waals surface area contributed by atoms with Crippen molar-refractivity contribution in [2.24, 2.45) is 0 Å². The van der Waals surface area contributed by atoms with Crippen molar-refractivity contribution >= 4 is 31.2 Å². The van der Waals surface area contributed by atoms with Crippen LogP contribution in [0.15, 0.2) is 6.33 Å². The summed E-state index contributed by atoms with van der Waals surface area (Å²) in [5.74, 6) is 0.0482. The molecule has 1 saturated heterocycles. The number of hydrogen-bond acceptors (Lipinski definition) is 11. The number of aliphatic hydroxyl groups is 2. The quantitative estimate of drug-likeness (QED) is 0.117. The summed E-state index contributed by atoms with van der Waals surface area (Å²) in [5.41, 5.74) is 6.16. The van der Waals surface area contributed by atoms with E-state index >= 15 is 0 Å². The van der Waals surface area contributed by atoms with E-state index in [4.69, 9.17) is 10.5 Å². The number of aromatic nitrogens is 4. The van der Waals surface area contributed by atoms with E-state index in [1.807, 2.05) is 0 Å². The topological polar surface area (TPSA) is 192 Å². The number of fused-ring (bicyclic) bond motifs is 6. The van der Waals surface area contributed by atoms with E-state index < -0.39 is 66.6 Å². The SMILES string of the molecule is Nc1ncnc2c1nc1n2[C@@H]2O[C@H](COS(=O)(=O)NC(=O)[I-]1)[C@@H](O)C2O. The van der Waals surface area contributed by atoms with Gasteiger partial charge in [0.05, 0.1) is 0 Å². The van der Waals surface area contributed by atoms with Gasteiger partial charge in [-0.2, -0.15) is 0 Å². The van der Waals surface area contributed by atoms with Crippen LogP contribution in [-0.4, -0.2) is 67.0 Å². The summed E-state index contributed by atoms with van der Waals surface area (Å²) in [6, 6.07) is 0. The van der Waals surface area contributed by atoms with Gasteiger partial charge in [-0.15, -0.1) is 0 Å². The molecule has 0 aromatic carbocycles. The van der Waals surface area contributed by atoms with Crippen molar-refractivity contribution in [3.63, 3.8) is 0 Å². The van der Waals surface area contributed by atoms with Crippen molar-refractivity contribution in [2.45, 2.75) is 24.5 Å². The second-order valence-corrected chi connectivity index (χ2v) is 9.27. The molecule has 0 aliphatic carbocycles. The Labute approximate surface area is 156 Å². The van der Waals surface area contributed by atoms with Crippen LogP contribution in [0, 0.1) is 3.83 Å². The summed E-state index contributed by atoms with van der Waals surface area (Å²) in [5, 5.41) is 20.5. The van der Waals surface area contributed by atoms with Crippen LogP contribution >= 0.6 is 0 Å². The minimum atomic E-state index is -4.39. The van der Waals surface area contributed by atoms with Crippen LogP contribution in [0.2, 0.25) is 0 Å². The number of carbonyl (C=O) groups excluding carboxylic acids is 1. The molecule has 26 heavy (non-hydrogen) atoms. The van der Waals surface area contributed by atoms with E-state index in [-0.39, 0.29) is 20.8 Å². The molecule has 2 aromatic rings. The van der Waals surface area contributed by atoms with Crippen LogP contribution in [0.1, 0.15) is 6.23 Å². The van der Waals surface area contributed by atoms with Crippen molar-refractivity contribution in [2.75, 3.05) is 12.3 Å². The predicted molar refractivity (Wildman–Crippen MR) is 77.8 cm³/mol. The standard InChI is InChI=1S/C11H12IN6O7S/c13-7-4-8(15-2-14-7)18-9-6(20)5(19)3(25-9)1-24-26(22,23)17-11(21)12-10(18)16-4/h2-3,5-6,9,19-20H,1H2,(H,17,21)(H2,13,14,15)/q-1/t3-,5-,6?,9-/m1/s1. The van der Waals surface area contributed by atoms with Crippen molar-refractivity contribution in [1.82, 2.24) is 24.2 Å². The number of amides is 1. The van der Waals surface area contributed by atoms with Crippen LogP contribution in [0.25, 0.3) is 11.2 Å². The molecule has 5 N–H and O–H groups in total. The summed E-state index contributed by atoms with van der Waals surface area (Å²) < 4.78 is 36.3. The third-order valence-electron chi connectivity index (χ3n) is 3.82. The van der Waals surface area contributed by atoms with E-state index in [0.29, 0.717) is 0 Å². The summed E-state index contributed by atoms with van der Waals surface area (Å²) in [7, 11) is -4.39. The molecule has 0 spiro atoms. The first-order chi connectivity index (χ1) is 12.3. The van der Waals surface area contributed by atoms with Gasteiger partial charge in [0.15, 0.2) is 0 Å². The molecule has 0 radical (unpaired) electrons. The van der Waals surface area contributed by atoms with Crippen LogP contribution < -0.4 is 31.7 Å². The summed E-state index contributed by atoms with van der Waals surface area (Å²) in [6.45, 7) is -0.589. The van der Waals surface area contributed by atoms with Crippen LogP contribution in [-0.2, 0) is 19.2 Å². The third kappa shape index (κ3) is 2.89. The van der Waals surface area contributed by atoms with Gasteiger partial charge in [0, 0.05) is 0 Å². The molecule has 1 unspecified atom stereocenters. The fourth-order valence-electron chi connectivity index (χ4n) is 2.65. The van der Waals surface area contributed by atoms with Gasteiger partial charge in [-0.1, -0.05) is 0 Å². The average Bonchev–Trinajstić information content (AvgIpc) is 3.04. The Bertz CT molecular complexity index is 996. The molecule has 2 bridgehead atoms. The van der Waals surface area contributed by atoms with E-state index in [2.05, 4.69) is 19.1 Å². The molecule has 1 fully saturated rings. The molecule has 2 aliphatic rings. The Balaban J connectivity index is 1.91. The monoisotopic (exact) mass is 499 g/mol. The zero-order valence-corrected chi connectivity index (χ0v) is 15.7. The van der Waals surface area contributed by atoms with Crippen LogP contribution in [0.5, 0.6) is 0 Å². The number of imidazole rings is 1. The fraction of sp³-hybridized carbons (Fsp3) is 0.455. The molecule has 4 heterocycles. The number of nitrogens with zero attached hydrogens (tertiary/aromatic N) is 4. The fourth-order valence-corrected chi connectivity index (χ4v) is 5.96. The van der Waals surface area contributed by atoms with E-state index in [1.165, 1.54) is 10.9 Å². The molecule has 4 rings (SSSR count). The van der Waals surface area contributed by atoms with Gasteiger partial charge >= 0.3 is 156 Å². The number of ether oxygens (including phenoxy) is 1. The molecule has 4 atom stereocenters. The maximum atomic E-state index is 12.1. The first kappa shape index (κ1) is 17.7. The Morgan fingerprint density at radius 3 is 2.88 bits per heavy atom. The predicted octanol–water partition coefficient (Wildman–Crippen LogP) is -5.73. The van der Waals surface area contributed by atoms with Gasteiger partial charge in [-0.25, -0.2) is 0 Å². The first-order valence-corrected chi connectivity index (χ1v) is 10.7. The summed E-state index contributed by atoms with van der Waals surface area (Å²) in [4.78, 5) is 24.2. The van der Waals surface area contributed by atoms with E-state index in [9.17, 15) is 23.4 Å². The molecule has 0 saturated carbocycles. The molecule has 15 heteroatoms. The van der Waals surface area contributed by atoms with Crippen LogP contribution in [0.4, 0.5) is 10.6 Å². The molecule has 2 aliphatic heterocycles. The normalized spacial score (nSPS) is 31.5.